The SMILES string of the molecule is O=C(NC1CCCC1)c1ccc2c(=O)n(Cc3ccco3)c(=S)[nH]c2c1. The molecule has 2 aromatic heterocycles. The maximum absolute atomic E-state index is 12.8. The molecule has 0 atom stereocenters. The van der Waals surface area contributed by atoms with Crippen LogP contribution in [0.3, 0.4) is 0 Å². The van der Waals surface area contributed by atoms with Crippen LogP contribution in [-0.4, -0.2) is 21.5 Å². The predicted octanol–water partition coefficient (Wildman–Crippen LogP) is 3.37. The summed E-state index contributed by atoms with van der Waals surface area (Å²) in [5.41, 5.74) is 0.885. The van der Waals surface area contributed by atoms with E-state index in [1.54, 1.807) is 36.6 Å². The molecule has 1 fully saturated rings. The van der Waals surface area contributed by atoms with Crippen molar-refractivity contribution in [1.29, 1.82) is 0 Å². The zero-order valence-electron chi connectivity index (χ0n) is 14.2. The number of nitrogens with zero attached hydrogens (tertiary/aromatic N) is 1. The van der Waals surface area contributed by atoms with Gasteiger partial charge in [0.25, 0.3) is 11.5 Å². The van der Waals surface area contributed by atoms with Crippen LogP contribution in [0.4, 0.5) is 0 Å². The van der Waals surface area contributed by atoms with Gasteiger partial charge in [0.2, 0.25) is 0 Å². The van der Waals surface area contributed by atoms with Crippen molar-refractivity contribution in [1.82, 2.24) is 14.9 Å². The van der Waals surface area contributed by atoms with E-state index in [1.165, 1.54) is 4.57 Å². The van der Waals surface area contributed by atoms with Gasteiger partial charge in [0.1, 0.15) is 5.76 Å². The quantitative estimate of drug-likeness (QED) is 0.691. The van der Waals surface area contributed by atoms with Crippen LogP contribution >= 0.6 is 12.2 Å². The second-order valence-electron chi connectivity index (χ2n) is 6.62. The zero-order chi connectivity index (χ0) is 18.1. The number of carbonyl (C=O) groups excluding carboxylic acids is 1. The summed E-state index contributed by atoms with van der Waals surface area (Å²) in [5, 5.41) is 3.54. The first-order valence-corrected chi connectivity index (χ1v) is 9.13. The molecule has 3 aromatic rings. The Bertz CT molecular complexity index is 1060. The molecule has 2 heterocycles. The minimum atomic E-state index is -0.206. The average Bonchev–Trinajstić information content (AvgIpc) is 3.32. The second-order valence-corrected chi connectivity index (χ2v) is 7.00. The molecule has 0 spiro atoms. The van der Waals surface area contributed by atoms with E-state index in [2.05, 4.69) is 10.3 Å². The number of aromatic amines is 1. The van der Waals surface area contributed by atoms with Crippen LogP contribution in [0, 0.1) is 4.77 Å². The average molecular weight is 369 g/mol. The normalized spacial score (nSPS) is 14.8. The van der Waals surface area contributed by atoms with Crippen molar-refractivity contribution in [3.05, 3.63) is 63.0 Å². The Balaban J connectivity index is 1.67. The smallest absolute Gasteiger partial charge is 0.262 e. The largest absolute Gasteiger partial charge is 0.467 e. The summed E-state index contributed by atoms with van der Waals surface area (Å²) in [4.78, 5) is 28.3. The van der Waals surface area contributed by atoms with Crippen LogP contribution in [-0.2, 0) is 6.54 Å². The van der Waals surface area contributed by atoms with E-state index in [9.17, 15) is 9.59 Å². The summed E-state index contributed by atoms with van der Waals surface area (Å²) in [6.07, 6.45) is 5.93. The number of benzene rings is 1. The molecular weight excluding hydrogens is 350 g/mol. The molecule has 1 aromatic carbocycles. The number of hydrogen-bond donors (Lipinski definition) is 2. The number of rotatable bonds is 4. The van der Waals surface area contributed by atoms with Crippen LogP contribution in [0.25, 0.3) is 10.9 Å². The Morgan fingerprint density at radius 3 is 2.85 bits per heavy atom. The monoisotopic (exact) mass is 369 g/mol. The van der Waals surface area contributed by atoms with Crippen LogP contribution in [0.2, 0.25) is 0 Å². The highest BCUT2D eigenvalue weighted by molar-refractivity contribution is 7.71. The van der Waals surface area contributed by atoms with Gasteiger partial charge in [-0.3, -0.25) is 14.2 Å². The van der Waals surface area contributed by atoms with E-state index in [0.717, 1.165) is 25.7 Å². The number of nitrogens with one attached hydrogen (secondary N) is 2. The van der Waals surface area contributed by atoms with Gasteiger partial charge in [0.05, 0.1) is 23.7 Å². The summed E-state index contributed by atoms with van der Waals surface area (Å²) in [6, 6.07) is 8.85. The van der Waals surface area contributed by atoms with Gasteiger partial charge >= 0.3 is 0 Å². The van der Waals surface area contributed by atoms with Crippen molar-refractivity contribution >= 4 is 29.0 Å². The molecule has 4 rings (SSSR count). The van der Waals surface area contributed by atoms with Crippen molar-refractivity contribution < 1.29 is 9.21 Å². The summed E-state index contributed by atoms with van der Waals surface area (Å²) < 4.78 is 7.05. The summed E-state index contributed by atoms with van der Waals surface area (Å²) in [7, 11) is 0. The Morgan fingerprint density at radius 1 is 1.31 bits per heavy atom. The minimum absolute atomic E-state index is 0.113. The van der Waals surface area contributed by atoms with Gasteiger partial charge in [-0.25, -0.2) is 0 Å². The van der Waals surface area contributed by atoms with E-state index in [4.69, 9.17) is 16.6 Å². The first-order valence-electron chi connectivity index (χ1n) is 8.72. The Kier molecular flexibility index (Phi) is 4.46. The third-order valence-electron chi connectivity index (χ3n) is 4.83. The number of furan rings is 1. The van der Waals surface area contributed by atoms with E-state index in [1.807, 2.05) is 0 Å². The van der Waals surface area contributed by atoms with Crippen LogP contribution in [0.1, 0.15) is 41.8 Å². The molecule has 6 nitrogen and oxygen atoms in total. The van der Waals surface area contributed by atoms with Crippen LogP contribution in [0.5, 0.6) is 0 Å². The standard InChI is InChI=1S/C19H19N3O3S/c23-17(20-13-4-1-2-5-13)12-7-8-15-16(10-12)21-19(26)22(18(15)24)11-14-6-3-9-25-14/h3,6-10,13H,1-2,4-5,11H2,(H,20,23)(H,21,26). The lowest BCUT2D eigenvalue weighted by Gasteiger charge is -2.12. The fourth-order valence-corrected chi connectivity index (χ4v) is 3.69. The first-order chi connectivity index (χ1) is 12.6. The van der Waals surface area contributed by atoms with Gasteiger partial charge in [0, 0.05) is 11.6 Å². The number of hydrogen-bond acceptors (Lipinski definition) is 4. The van der Waals surface area contributed by atoms with E-state index < -0.39 is 0 Å². The molecule has 7 heteroatoms. The number of carbonyl (C=O) groups is 1. The molecule has 0 unspecified atom stereocenters. The molecular formula is C19H19N3O3S. The highest BCUT2D eigenvalue weighted by atomic mass is 32.1. The minimum Gasteiger partial charge on any atom is -0.467 e. The lowest BCUT2D eigenvalue weighted by Crippen LogP contribution is -2.32. The summed E-state index contributed by atoms with van der Waals surface area (Å²) >= 11 is 5.33. The number of aromatic nitrogens is 2. The van der Waals surface area contributed by atoms with E-state index >= 15 is 0 Å². The molecule has 134 valence electrons. The number of fused-ring (bicyclic) bond motifs is 1. The maximum Gasteiger partial charge on any atom is 0.262 e. The number of H-pyrrole nitrogens is 1. The Labute approximate surface area is 154 Å². The molecule has 1 amide bonds. The fraction of sp³-hybridized carbons (Fsp3) is 0.316. The molecule has 0 radical (unpaired) electrons. The van der Waals surface area contributed by atoms with Gasteiger partial charge in [-0.1, -0.05) is 12.8 Å². The van der Waals surface area contributed by atoms with Crippen molar-refractivity contribution in [2.75, 3.05) is 0 Å². The van der Waals surface area contributed by atoms with Crippen LogP contribution < -0.4 is 10.9 Å². The van der Waals surface area contributed by atoms with Gasteiger partial charge < -0.3 is 14.7 Å². The summed E-state index contributed by atoms with van der Waals surface area (Å²) in [6.45, 7) is 0.265. The molecule has 0 aliphatic heterocycles. The molecule has 26 heavy (non-hydrogen) atoms. The lowest BCUT2D eigenvalue weighted by molar-refractivity contribution is 0.0938. The van der Waals surface area contributed by atoms with Crippen molar-refractivity contribution in [3.8, 4) is 0 Å². The van der Waals surface area contributed by atoms with Gasteiger partial charge in [-0.2, -0.15) is 0 Å². The third kappa shape index (κ3) is 3.22. The Morgan fingerprint density at radius 2 is 2.12 bits per heavy atom. The number of amides is 1. The first kappa shape index (κ1) is 16.8. The molecule has 2 N–H and O–H groups in total. The molecule has 0 saturated heterocycles. The second kappa shape index (κ2) is 6.92. The third-order valence-corrected chi connectivity index (χ3v) is 5.15. The molecule has 0 bridgehead atoms. The molecule has 1 aliphatic carbocycles. The van der Waals surface area contributed by atoms with Crippen LogP contribution in [0.15, 0.2) is 45.8 Å². The van der Waals surface area contributed by atoms with Crippen molar-refractivity contribution in [2.45, 2.75) is 38.3 Å². The fourth-order valence-electron chi connectivity index (χ4n) is 3.44. The maximum atomic E-state index is 12.8. The summed E-state index contributed by atoms with van der Waals surface area (Å²) in [5.74, 6) is 0.538. The van der Waals surface area contributed by atoms with E-state index in [-0.39, 0.29) is 24.1 Å². The van der Waals surface area contributed by atoms with Gasteiger partial charge in [0.15, 0.2) is 4.77 Å². The molecule has 1 saturated carbocycles. The van der Waals surface area contributed by atoms with Gasteiger partial charge in [-0.15, -0.1) is 0 Å². The molecule has 1 aliphatic rings. The van der Waals surface area contributed by atoms with E-state index in [0.29, 0.717) is 27.0 Å². The van der Waals surface area contributed by atoms with Gasteiger partial charge in [-0.05, 0) is 55.4 Å². The highest BCUT2D eigenvalue weighted by Crippen LogP contribution is 2.19. The Hall–Kier alpha value is -2.67. The topological polar surface area (TPSA) is 80.0 Å². The van der Waals surface area contributed by atoms with Crippen molar-refractivity contribution in [2.24, 2.45) is 0 Å². The lowest BCUT2D eigenvalue weighted by atomic mass is 10.1. The predicted molar refractivity (Wildman–Crippen MR) is 101 cm³/mol. The zero-order valence-corrected chi connectivity index (χ0v) is 15.0. The van der Waals surface area contributed by atoms with Crippen molar-refractivity contribution in [3.63, 3.8) is 0 Å². The highest BCUT2D eigenvalue weighted by Gasteiger charge is 2.18.